The van der Waals surface area contributed by atoms with Crippen molar-refractivity contribution in [3.05, 3.63) is 157 Å². The predicted octanol–water partition coefficient (Wildman–Crippen LogP) is 12.2. The van der Waals surface area contributed by atoms with Gasteiger partial charge in [-0.3, -0.25) is 0 Å². The zero-order chi connectivity index (χ0) is 35.9. The van der Waals surface area contributed by atoms with Crippen LogP contribution in [0.15, 0.2) is 150 Å². The highest BCUT2D eigenvalue weighted by atomic mass is 16.3. The Balaban J connectivity index is 1.17. The first-order valence-corrected chi connectivity index (χ1v) is 18.1. The third-order valence-electron chi connectivity index (χ3n) is 11.7. The van der Waals surface area contributed by atoms with Gasteiger partial charge in [0, 0.05) is 27.6 Å². The normalized spacial score (nSPS) is 14.3. The molecule has 0 atom stereocenters. The van der Waals surface area contributed by atoms with Gasteiger partial charge < -0.3 is 4.42 Å². The predicted molar refractivity (Wildman–Crippen MR) is 216 cm³/mol. The second-order valence-electron chi connectivity index (χ2n) is 15.1. The minimum Gasteiger partial charge on any atom is -0.435 e. The fourth-order valence-corrected chi connectivity index (χ4v) is 8.09. The molecule has 254 valence electrons. The standard InChI is InChI=1S/C48H36N4O/c1-47(2)38-18-12-11-17-35(38)36-25-23-34(28-39(36)48(47,3)4)45-51-43(31-13-7-5-8-14-31)50-44(52-45)33-22-20-29-19-21-30-24-26-40-42(41(30)37(29)27-33)53-46(49-40)32-15-9-6-10-16-32/h5-28H,1-4H3. The van der Waals surface area contributed by atoms with Crippen molar-refractivity contribution in [3.63, 3.8) is 0 Å². The largest absolute Gasteiger partial charge is 0.435 e. The Labute approximate surface area is 308 Å². The SMILES string of the molecule is CC1(C)c2ccccc2-c2ccc(-c3nc(-c4ccccc4)nc(-c4ccc5ccc6ccc7nc(-c8ccccc8)oc7c6c5c4)n3)cc2C1(C)C. The molecule has 53 heavy (non-hydrogen) atoms. The van der Waals surface area contributed by atoms with Crippen LogP contribution in [0.1, 0.15) is 38.8 Å². The van der Waals surface area contributed by atoms with Crippen LogP contribution in [0.3, 0.4) is 0 Å². The van der Waals surface area contributed by atoms with E-state index >= 15 is 0 Å². The maximum absolute atomic E-state index is 6.52. The summed E-state index contributed by atoms with van der Waals surface area (Å²) in [5, 5.41) is 4.26. The van der Waals surface area contributed by atoms with E-state index in [1.807, 2.05) is 54.6 Å². The molecule has 0 bridgehead atoms. The third-order valence-corrected chi connectivity index (χ3v) is 11.7. The second kappa shape index (κ2) is 11.5. The molecule has 1 aliphatic rings. The molecule has 5 heteroatoms. The molecule has 0 N–H and O–H groups in total. The molecule has 0 fully saturated rings. The van der Waals surface area contributed by atoms with E-state index in [0.717, 1.165) is 54.9 Å². The molecule has 0 radical (unpaired) electrons. The van der Waals surface area contributed by atoms with Gasteiger partial charge in [0.2, 0.25) is 5.89 Å². The molecule has 7 aromatic carbocycles. The van der Waals surface area contributed by atoms with Gasteiger partial charge in [-0.15, -0.1) is 0 Å². The molecule has 0 saturated heterocycles. The first-order valence-electron chi connectivity index (χ1n) is 18.1. The van der Waals surface area contributed by atoms with E-state index in [2.05, 4.69) is 119 Å². The fourth-order valence-electron chi connectivity index (χ4n) is 8.09. The lowest BCUT2D eigenvalue weighted by Crippen LogP contribution is -2.43. The van der Waals surface area contributed by atoms with Gasteiger partial charge in [-0.25, -0.2) is 19.9 Å². The van der Waals surface area contributed by atoms with Crippen LogP contribution in [-0.2, 0) is 10.8 Å². The van der Waals surface area contributed by atoms with Gasteiger partial charge in [-0.2, -0.15) is 0 Å². The van der Waals surface area contributed by atoms with Gasteiger partial charge >= 0.3 is 0 Å². The first kappa shape index (κ1) is 31.3. The summed E-state index contributed by atoms with van der Waals surface area (Å²) in [6.07, 6.45) is 0. The van der Waals surface area contributed by atoms with Gasteiger partial charge in [0.15, 0.2) is 23.1 Å². The molecule has 9 aromatic rings. The maximum atomic E-state index is 6.52. The van der Waals surface area contributed by atoms with E-state index in [1.165, 1.54) is 22.3 Å². The van der Waals surface area contributed by atoms with Gasteiger partial charge in [-0.1, -0.05) is 143 Å². The molecule has 0 aliphatic heterocycles. The quantitative estimate of drug-likeness (QED) is 0.173. The maximum Gasteiger partial charge on any atom is 0.227 e. The number of aromatic nitrogens is 4. The van der Waals surface area contributed by atoms with Crippen molar-refractivity contribution in [1.29, 1.82) is 0 Å². The Kier molecular flexibility index (Phi) is 6.80. The Bertz CT molecular complexity index is 2890. The number of fused-ring (bicyclic) bond motifs is 8. The molecular formula is C48H36N4O. The van der Waals surface area contributed by atoms with Crippen molar-refractivity contribution < 1.29 is 4.42 Å². The van der Waals surface area contributed by atoms with Crippen LogP contribution in [-0.4, -0.2) is 19.9 Å². The number of benzene rings is 7. The van der Waals surface area contributed by atoms with E-state index in [9.17, 15) is 0 Å². The summed E-state index contributed by atoms with van der Waals surface area (Å²) in [7, 11) is 0. The second-order valence-corrected chi connectivity index (χ2v) is 15.1. The number of rotatable bonds is 4. The van der Waals surface area contributed by atoms with Crippen LogP contribution in [0.5, 0.6) is 0 Å². The zero-order valence-corrected chi connectivity index (χ0v) is 30.1. The van der Waals surface area contributed by atoms with Gasteiger partial charge in [0.1, 0.15) is 5.52 Å². The highest BCUT2D eigenvalue weighted by Gasteiger charge is 2.45. The zero-order valence-electron chi connectivity index (χ0n) is 30.1. The fraction of sp³-hybridized carbons (Fsp3) is 0.125. The Hall–Kier alpha value is -6.46. The number of hydrogen-bond acceptors (Lipinski definition) is 5. The summed E-state index contributed by atoms with van der Waals surface area (Å²) < 4.78 is 6.52. The molecule has 2 aromatic heterocycles. The first-order chi connectivity index (χ1) is 25.8. The Morgan fingerprint density at radius 3 is 1.74 bits per heavy atom. The molecule has 2 heterocycles. The van der Waals surface area contributed by atoms with E-state index in [1.54, 1.807) is 0 Å². The molecule has 0 amide bonds. The summed E-state index contributed by atoms with van der Waals surface area (Å²) in [5.41, 5.74) is 10.4. The summed E-state index contributed by atoms with van der Waals surface area (Å²) in [5.74, 6) is 2.50. The monoisotopic (exact) mass is 684 g/mol. The van der Waals surface area contributed by atoms with E-state index < -0.39 is 0 Å². The molecule has 10 rings (SSSR count). The number of oxazole rings is 1. The molecule has 0 spiro atoms. The third kappa shape index (κ3) is 4.84. The topological polar surface area (TPSA) is 64.7 Å². The van der Waals surface area contributed by atoms with Crippen molar-refractivity contribution >= 4 is 32.6 Å². The number of nitrogens with zero attached hydrogens (tertiary/aromatic N) is 4. The van der Waals surface area contributed by atoms with Crippen molar-refractivity contribution in [2.75, 3.05) is 0 Å². The highest BCUT2D eigenvalue weighted by molar-refractivity contribution is 6.18. The summed E-state index contributed by atoms with van der Waals surface area (Å²) in [6.45, 7) is 9.42. The van der Waals surface area contributed by atoms with Crippen molar-refractivity contribution in [2.45, 2.75) is 38.5 Å². The molecular weight excluding hydrogens is 649 g/mol. The minimum absolute atomic E-state index is 0.0840. The molecule has 0 saturated carbocycles. The van der Waals surface area contributed by atoms with Crippen LogP contribution in [0, 0.1) is 0 Å². The van der Waals surface area contributed by atoms with E-state index in [-0.39, 0.29) is 10.8 Å². The molecule has 5 nitrogen and oxygen atoms in total. The molecule has 1 aliphatic carbocycles. The lowest BCUT2D eigenvalue weighted by molar-refractivity contribution is 0.299. The van der Waals surface area contributed by atoms with Gasteiger partial charge in [0.05, 0.1) is 0 Å². The smallest absolute Gasteiger partial charge is 0.227 e. The van der Waals surface area contributed by atoms with Crippen molar-refractivity contribution in [1.82, 2.24) is 19.9 Å². The van der Waals surface area contributed by atoms with Crippen LogP contribution in [0.4, 0.5) is 0 Å². The van der Waals surface area contributed by atoms with Gasteiger partial charge in [0.25, 0.3) is 0 Å². The number of hydrogen-bond donors (Lipinski definition) is 0. The van der Waals surface area contributed by atoms with Crippen LogP contribution < -0.4 is 0 Å². The van der Waals surface area contributed by atoms with E-state index in [0.29, 0.717) is 23.4 Å². The van der Waals surface area contributed by atoms with Crippen molar-refractivity contribution in [3.8, 4) is 56.7 Å². The van der Waals surface area contributed by atoms with Crippen LogP contribution in [0.25, 0.3) is 89.4 Å². The van der Waals surface area contributed by atoms with Crippen molar-refractivity contribution in [2.24, 2.45) is 0 Å². The van der Waals surface area contributed by atoms with Crippen LogP contribution in [0.2, 0.25) is 0 Å². The summed E-state index contributed by atoms with van der Waals surface area (Å²) in [4.78, 5) is 20.3. The summed E-state index contributed by atoms with van der Waals surface area (Å²) in [6, 6.07) is 50.6. The Morgan fingerprint density at radius 2 is 0.981 bits per heavy atom. The van der Waals surface area contributed by atoms with Crippen LogP contribution >= 0.6 is 0 Å². The molecule has 0 unspecified atom stereocenters. The highest BCUT2D eigenvalue weighted by Crippen LogP contribution is 2.54. The van der Waals surface area contributed by atoms with Gasteiger partial charge in [-0.05, 0) is 79.6 Å². The average molecular weight is 685 g/mol. The minimum atomic E-state index is -0.142. The average Bonchev–Trinajstić information content (AvgIpc) is 3.65. The lowest BCUT2D eigenvalue weighted by Gasteiger charge is -2.48. The Morgan fingerprint density at radius 1 is 0.434 bits per heavy atom. The lowest BCUT2D eigenvalue weighted by atomic mass is 9.55. The summed E-state index contributed by atoms with van der Waals surface area (Å²) >= 11 is 0. The van der Waals surface area contributed by atoms with E-state index in [4.69, 9.17) is 24.4 Å².